The van der Waals surface area contributed by atoms with Crippen molar-refractivity contribution in [1.29, 1.82) is 0 Å². The second-order valence-corrected chi connectivity index (χ2v) is 3.46. The maximum Gasteiger partial charge on any atom is 0.251 e. The van der Waals surface area contributed by atoms with Gasteiger partial charge in [0.25, 0.3) is 5.91 Å². The second-order valence-electron chi connectivity index (χ2n) is 3.46. The summed E-state index contributed by atoms with van der Waals surface area (Å²) in [4.78, 5) is 14.5. The molecule has 90 valence electrons. The van der Waals surface area contributed by atoms with Crippen LogP contribution in [-0.2, 0) is 0 Å². The van der Waals surface area contributed by atoms with Gasteiger partial charge in [0.2, 0.25) is 0 Å². The first-order valence-corrected chi connectivity index (χ1v) is 5.42. The quantitative estimate of drug-likeness (QED) is 0.340. The number of nitrogens with zero attached hydrogens (tertiary/aromatic N) is 3. The molecule has 0 bridgehead atoms. The smallest absolute Gasteiger partial charge is 0.251 e. The molecule has 1 amide bonds. The van der Waals surface area contributed by atoms with Crippen molar-refractivity contribution in [2.24, 2.45) is 10.8 Å². The summed E-state index contributed by atoms with van der Waals surface area (Å²) in [5, 5.41) is 6.23. The highest BCUT2D eigenvalue weighted by Crippen LogP contribution is 2.18. The summed E-state index contributed by atoms with van der Waals surface area (Å²) >= 11 is 0. The Morgan fingerprint density at radius 3 is 2.88 bits per heavy atom. The van der Waals surface area contributed by atoms with E-state index >= 15 is 0 Å². The van der Waals surface area contributed by atoms with Crippen LogP contribution < -0.4 is 11.1 Å². The fourth-order valence-corrected chi connectivity index (χ4v) is 1.37. The summed E-state index contributed by atoms with van der Waals surface area (Å²) < 4.78 is 0. The summed E-state index contributed by atoms with van der Waals surface area (Å²) in [6.07, 6.45) is 1.71. The average molecular weight is 233 g/mol. The zero-order chi connectivity index (χ0) is 12.5. The molecular weight excluding hydrogens is 218 g/mol. The molecule has 0 saturated heterocycles. The van der Waals surface area contributed by atoms with Gasteiger partial charge < -0.3 is 11.1 Å². The minimum atomic E-state index is -0.231. The monoisotopic (exact) mass is 233 g/mol. The van der Waals surface area contributed by atoms with Crippen molar-refractivity contribution in [2.45, 2.75) is 12.8 Å². The maximum atomic E-state index is 11.8. The Kier molecular flexibility index (Phi) is 5.57. The zero-order valence-corrected chi connectivity index (χ0v) is 9.47. The minimum absolute atomic E-state index is 0.231. The third-order valence-corrected chi connectivity index (χ3v) is 2.22. The van der Waals surface area contributed by atoms with Crippen LogP contribution in [0.3, 0.4) is 0 Å². The molecule has 6 heteroatoms. The average Bonchev–Trinajstić information content (AvgIpc) is 2.35. The van der Waals surface area contributed by atoms with E-state index in [0.29, 0.717) is 24.3 Å². The van der Waals surface area contributed by atoms with Gasteiger partial charge in [0.1, 0.15) is 0 Å². The van der Waals surface area contributed by atoms with Gasteiger partial charge in [0, 0.05) is 17.0 Å². The number of nitrogens with two attached hydrogens (primary N) is 1. The van der Waals surface area contributed by atoms with Gasteiger partial charge in [-0.3, -0.25) is 4.79 Å². The topological polar surface area (TPSA) is 104 Å². The summed E-state index contributed by atoms with van der Waals surface area (Å²) in [6.45, 7) is 1.19. The molecule has 0 spiro atoms. The van der Waals surface area contributed by atoms with Gasteiger partial charge in [-0.1, -0.05) is 23.3 Å². The van der Waals surface area contributed by atoms with E-state index in [0.717, 1.165) is 12.8 Å². The van der Waals surface area contributed by atoms with Crippen LogP contribution >= 0.6 is 0 Å². The SMILES string of the molecule is [N-]=[N+]=Nc1ccccc1C(=O)NCCCCN. The molecule has 1 aromatic carbocycles. The van der Waals surface area contributed by atoms with E-state index in [-0.39, 0.29) is 5.91 Å². The molecule has 1 aromatic rings. The highest BCUT2D eigenvalue weighted by atomic mass is 16.1. The Balaban J connectivity index is 2.65. The number of benzene rings is 1. The first-order chi connectivity index (χ1) is 8.29. The zero-order valence-electron chi connectivity index (χ0n) is 9.47. The number of unbranched alkanes of at least 4 members (excludes halogenated alkanes) is 1. The van der Waals surface area contributed by atoms with Gasteiger partial charge in [-0.05, 0) is 31.0 Å². The van der Waals surface area contributed by atoms with Crippen molar-refractivity contribution in [1.82, 2.24) is 5.32 Å². The van der Waals surface area contributed by atoms with Crippen LogP contribution in [0, 0.1) is 0 Å². The van der Waals surface area contributed by atoms with E-state index in [2.05, 4.69) is 15.3 Å². The third kappa shape index (κ3) is 4.14. The summed E-state index contributed by atoms with van der Waals surface area (Å²) in [5.41, 5.74) is 14.5. The molecule has 0 radical (unpaired) electrons. The van der Waals surface area contributed by atoms with E-state index < -0.39 is 0 Å². The lowest BCUT2D eigenvalue weighted by atomic mass is 10.1. The van der Waals surface area contributed by atoms with Crippen LogP contribution in [0.5, 0.6) is 0 Å². The molecule has 0 heterocycles. The van der Waals surface area contributed by atoms with Gasteiger partial charge >= 0.3 is 0 Å². The highest BCUT2D eigenvalue weighted by molar-refractivity contribution is 5.98. The fraction of sp³-hybridized carbons (Fsp3) is 0.364. The lowest BCUT2D eigenvalue weighted by Crippen LogP contribution is -2.24. The van der Waals surface area contributed by atoms with Crippen LogP contribution in [0.4, 0.5) is 5.69 Å². The fourth-order valence-electron chi connectivity index (χ4n) is 1.37. The molecule has 0 aliphatic rings. The number of hydrogen-bond donors (Lipinski definition) is 2. The number of hydrogen-bond acceptors (Lipinski definition) is 3. The number of azide groups is 1. The number of amides is 1. The van der Waals surface area contributed by atoms with Gasteiger partial charge in [0.15, 0.2) is 0 Å². The predicted octanol–water partition coefficient (Wildman–Crippen LogP) is 2.10. The molecule has 0 fully saturated rings. The molecule has 17 heavy (non-hydrogen) atoms. The van der Waals surface area contributed by atoms with Crippen molar-refractivity contribution in [3.05, 3.63) is 40.3 Å². The van der Waals surface area contributed by atoms with Crippen molar-refractivity contribution < 1.29 is 4.79 Å². The van der Waals surface area contributed by atoms with E-state index in [4.69, 9.17) is 11.3 Å². The van der Waals surface area contributed by atoms with Crippen LogP contribution in [0.25, 0.3) is 10.4 Å². The third-order valence-electron chi connectivity index (χ3n) is 2.22. The largest absolute Gasteiger partial charge is 0.352 e. The van der Waals surface area contributed by atoms with Gasteiger partial charge in [0.05, 0.1) is 5.69 Å². The lowest BCUT2D eigenvalue weighted by Gasteiger charge is -2.06. The normalized spacial score (nSPS) is 9.47. The van der Waals surface area contributed by atoms with E-state index in [9.17, 15) is 4.79 Å². The van der Waals surface area contributed by atoms with Crippen molar-refractivity contribution >= 4 is 11.6 Å². The van der Waals surface area contributed by atoms with Crippen molar-refractivity contribution in [2.75, 3.05) is 13.1 Å². The Morgan fingerprint density at radius 2 is 2.18 bits per heavy atom. The molecule has 0 aliphatic carbocycles. The Labute approximate surface area is 99.4 Å². The molecule has 0 aromatic heterocycles. The summed E-state index contributed by atoms with van der Waals surface area (Å²) in [7, 11) is 0. The van der Waals surface area contributed by atoms with Crippen molar-refractivity contribution in [3.63, 3.8) is 0 Å². The van der Waals surface area contributed by atoms with Gasteiger partial charge in [-0.25, -0.2) is 0 Å². The van der Waals surface area contributed by atoms with Gasteiger partial charge in [-0.15, -0.1) is 0 Å². The van der Waals surface area contributed by atoms with Gasteiger partial charge in [-0.2, -0.15) is 0 Å². The number of rotatable bonds is 6. The molecule has 0 saturated carbocycles. The van der Waals surface area contributed by atoms with Crippen LogP contribution in [0.1, 0.15) is 23.2 Å². The number of carbonyl (C=O) groups excluding carboxylic acids is 1. The molecule has 0 atom stereocenters. The first-order valence-electron chi connectivity index (χ1n) is 5.42. The van der Waals surface area contributed by atoms with E-state index in [1.54, 1.807) is 24.3 Å². The first kappa shape index (κ1) is 13.0. The molecule has 6 nitrogen and oxygen atoms in total. The van der Waals surface area contributed by atoms with Crippen LogP contribution in [0.2, 0.25) is 0 Å². The maximum absolute atomic E-state index is 11.8. The molecule has 0 aliphatic heterocycles. The lowest BCUT2D eigenvalue weighted by molar-refractivity contribution is 0.0954. The molecule has 1 rings (SSSR count). The Morgan fingerprint density at radius 1 is 1.41 bits per heavy atom. The van der Waals surface area contributed by atoms with E-state index in [1.807, 2.05) is 0 Å². The number of carbonyl (C=O) groups is 1. The minimum Gasteiger partial charge on any atom is -0.352 e. The number of nitrogens with one attached hydrogen (secondary N) is 1. The predicted molar refractivity (Wildman–Crippen MR) is 65.9 cm³/mol. The van der Waals surface area contributed by atoms with Crippen LogP contribution in [0.15, 0.2) is 29.4 Å². The Hall–Kier alpha value is -2.04. The second kappa shape index (κ2) is 7.27. The Bertz CT molecular complexity index is 426. The molecular formula is C11H15N5O. The highest BCUT2D eigenvalue weighted by Gasteiger charge is 2.08. The summed E-state index contributed by atoms with van der Waals surface area (Å²) in [6, 6.07) is 6.68. The summed E-state index contributed by atoms with van der Waals surface area (Å²) in [5.74, 6) is -0.231. The van der Waals surface area contributed by atoms with E-state index in [1.165, 1.54) is 0 Å². The van der Waals surface area contributed by atoms with Crippen molar-refractivity contribution in [3.8, 4) is 0 Å². The standard InChI is InChI=1S/C11H15N5O/c12-7-3-4-8-14-11(17)9-5-1-2-6-10(9)15-16-13/h1-2,5-6H,3-4,7-8,12H2,(H,14,17). The molecule has 3 N–H and O–H groups in total. The molecule has 0 unspecified atom stereocenters. The van der Waals surface area contributed by atoms with Crippen LogP contribution in [-0.4, -0.2) is 19.0 Å².